The van der Waals surface area contributed by atoms with Crippen molar-refractivity contribution in [1.29, 1.82) is 0 Å². The Morgan fingerprint density at radius 2 is 2.22 bits per heavy atom. The highest BCUT2D eigenvalue weighted by Gasteiger charge is 2.32. The van der Waals surface area contributed by atoms with Gasteiger partial charge in [-0.05, 0) is 19.8 Å². The van der Waals surface area contributed by atoms with Crippen molar-refractivity contribution in [2.45, 2.75) is 32.1 Å². The Morgan fingerprint density at radius 1 is 1.50 bits per heavy atom. The third-order valence-corrected chi connectivity index (χ3v) is 2.92. The van der Waals surface area contributed by atoms with Crippen molar-refractivity contribution < 1.29 is 14.3 Å². The highest BCUT2D eigenvalue weighted by atomic mass is 16.6. The average molecular weight is 254 g/mol. The Balaban J connectivity index is 2.25. The first-order valence-corrected chi connectivity index (χ1v) is 5.58. The van der Waals surface area contributed by atoms with E-state index < -0.39 is 29.6 Å². The SMILES string of the molecule is COC(=O)[C@@H]1CC[C@H](n2cc(C)c(=O)[nH]c2=O)O1. The molecule has 1 fully saturated rings. The van der Waals surface area contributed by atoms with Crippen molar-refractivity contribution in [2.24, 2.45) is 0 Å². The number of ether oxygens (including phenoxy) is 2. The van der Waals surface area contributed by atoms with Gasteiger partial charge in [-0.3, -0.25) is 14.3 Å². The average Bonchev–Trinajstić information content (AvgIpc) is 2.82. The molecule has 0 amide bonds. The van der Waals surface area contributed by atoms with Crippen LogP contribution in [0.25, 0.3) is 0 Å². The maximum Gasteiger partial charge on any atom is 0.335 e. The number of rotatable bonds is 2. The minimum atomic E-state index is -0.654. The first-order chi connectivity index (χ1) is 8.52. The molecule has 2 atom stereocenters. The van der Waals surface area contributed by atoms with E-state index in [2.05, 4.69) is 9.72 Å². The van der Waals surface area contributed by atoms with E-state index in [1.807, 2.05) is 0 Å². The molecule has 98 valence electrons. The quantitative estimate of drug-likeness (QED) is 0.731. The lowest BCUT2D eigenvalue weighted by Gasteiger charge is -2.14. The molecule has 0 spiro atoms. The van der Waals surface area contributed by atoms with E-state index in [1.165, 1.54) is 17.9 Å². The zero-order valence-electron chi connectivity index (χ0n) is 10.1. The van der Waals surface area contributed by atoms with Gasteiger partial charge in [0.1, 0.15) is 6.23 Å². The van der Waals surface area contributed by atoms with E-state index in [4.69, 9.17) is 4.74 Å². The van der Waals surface area contributed by atoms with Crippen LogP contribution in [0.15, 0.2) is 15.8 Å². The van der Waals surface area contributed by atoms with Gasteiger partial charge in [0.25, 0.3) is 5.56 Å². The molecule has 2 heterocycles. The summed E-state index contributed by atoms with van der Waals surface area (Å²) < 4.78 is 11.3. The molecule has 1 aromatic heterocycles. The summed E-state index contributed by atoms with van der Waals surface area (Å²) in [5, 5.41) is 0. The number of hydrogen-bond donors (Lipinski definition) is 1. The van der Waals surface area contributed by atoms with E-state index in [-0.39, 0.29) is 0 Å². The molecule has 0 radical (unpaired) electrons. The van der Waals surface area contributed by atoms with Crippen molar-refractivity contribution in [1.82, 2.24) is 9.55 Å². The summed E-state index contributed by atoms with van der Waals surface area (Å²) in [5.41, 5.74) is -0.542. The number of carbonyl (C=O) groups excluding carboxylic acids is 1. The number of carbonyl (C=O) groups is 1. The van der Waals surface area contributed by atoms with E-state index in [0.29, 0.717) is 18.4 Å². The fourth-order valence-electron chi connectivity index (χ4n) is 1.93. The van der Waals surface area contributed by atoms with Crippen LogP contribution in [-0.4, -0.2) is 28.7 Å². The molecule has 1 saturated heterocycles. The van der Waals surface area contributed by atoms with Crippen LogP contribution >= 0.6 is 0 Å². The second kappa shape index (κ2) is 4.77. The summed E-state index contributed by atoms with van der Waals surface area (Å²) in [6.45, 7) is 1.60. The van der Waals surface area contributed by atoms with Gasteiger partial charge in [-0.1, -0.05) is 0 Å². The number of aromatic amines is 1. The monoisotopic (exact) mass is 254 g/mol. The number of aromatic nitrogens is 2. The molecule has 0 aliphatic carbocycles. The van der Waals surface area contributed by atoms with E-state index in [0.717, 1.165) is 0 Å². The molecule has 0 unspecified atom stereocenters. The van der Waals surface area contributed by atoms with Crippen molar-refractivity contribution in [3.05, 3.63) is 32.6 Å². The Bertz CT molecular complexity index is 574. The number of methoxy groups -OCH3 is 1. The predicted molar refractivity (Wildman–Crippen MR) is 61.2 cm³/mol. The van der Waals surface area contributed by atoms with Gasteiger partial charge in [-0.25, -0.2) is 9.59 Å². The van der Waals surface area contributed by atoms with Crippen LogP contribution < -0.4 is 11.2 Å². The van der Waals surface area contributed by atoms with Gasteiger partial charge >= 0.3 is 11.7 Å². The molecule has 0 saturated carbocycles. The van der Waals surface area contributed by atoms with Crippen LogP contribution in [0.4, 0.5) is 0 Å². The van der Waals surface area contributed by atoms with Crippen LogP contribution in [0.3, 0.4) is 0 Å². The van der Waals surface area contributed by atoms with E-state index in [9.17, 15) is 14.4 Å². The lowest BCUT2D eigenvalue weighted by Crippen LogP contribution is -2.33. The van der Waals surface area contributed by atoms with E-state index >= 15 is 0 Å². The number of nitrogens with one attached hydrogen (secondary N) is 1. The highest BCUT2D eigenvalue weighted by molar-refractivity contribution is 5.74. The maximum atomic E-state index is 11.6. The Morgan fingerprint density at radius 3 is 2.89 bits per heavy atom. The van der Waals surface area contributed by atoms with Gasteiger partial charge in [-0.2, -0.15) is 0 Å². The smallest absolute Gasteiger partial charge is 0.335 e. The number of esters is 1. The highest BCUT2D eigenvalue weighted by Crippen LogP contribution is 2.27. The van der Waals surface area contributed by atoms with E-state index in [1.54, 1.807) is 6.92 Å². The maximum absolute atomic E-state index is 11.6. The molecule has 7 nitrogen and oxygen atoms in total. The summed E-state index contributed by atoms with van der Waals surface area (Å²) in [7, 11) is 1.29. The number of aryl methyl sites for hydroxylation is 1. The molecule has 1 aromatic rings. The molecule has 7 heteroatoms. The lowest BCUT2D eigenvalue weighted by atomic mass is 10.2. The molecule has 1 aliphatic rings. The van der Waals surface area contributed by atoms with Crippen LogP contribution in [-0.2, 0) is 14.3 Å². The number of nitrogens with zero attached hydrogens (tertiary/aromatic N) is 1. The van der Waals surface area contributed by atoms with Crippen LogP contribution in [0, 0.1) is 6.92 Å². The van der Waals surface area contributed by atoms with Gasteiger partial charge in [0.05, 0.1) is 7.11 Å². The summed E-state index contributed by atoms with van der Waals surface area (Å²) in [5.74, 6) is -0.452. The van der Waals surface area contributed by atoms with Gasteiger partial charge in [-0.15, -0.1) is 0 Å². The topological polar surface area (TPSA) is 90.4 Å². The standard InChI is InChI=1S/C11H14N2O5/c1-6-5-13(11(16)12-9(6)14)8-4-3-7(18-8)10(15)17-2/h5,7-8H,3-4H2,1-2H3,(H,12,14,16)/t7-,8+/m0/s1. The predicted octanol–water partition coefficient (Wildman–Crippen LogP) is -0.304. The van der Waals surface area contributed by atoms with Gasteiger partial charge < -0.3 is 9.47 Å². The van der Waals surface area contributed by atoms with Crippen molar-refractivity contribution >= 4 is 5.97 Å². The fraction of sp³-hybridized carbons (Fsp3) is 0.545. The molecular formula is C11H14N2O5. The fourth-order valence-corrected chi connectivity index (χ4v) is 1.93. The summed E-state index contributed by atoms with van der Waals surface area (Å²) in [4.78, 5) is 36.4. The third-order valence-electron chi connectivity index (χ3n) is 2.92. The zero-order chi connectivity index (χ0) is 13.3. The largest absolute Gasteiger partial charge is 0.467 e. The number of H-pyrrole nitrogens is 1. The van der Waals surface area contributed by atoms with Crippen LogP contribution in [0.5, 0.6) is 0 Å². The lowest BCUT2D eigenvalue weighted by molar-refractivity contribution is -0.155. The first-order valence-electron chi connectivity index (χ1n) is 5.58. The third kappa shape index (κ3) is 2.21. The molecule has 2 rings (SSSR count). The summed E-state index contributed by atoms with van der Waals surface area (Å²) in [6.07, 6.45) is 1.25. The molecule has 1 N–H and O–H groups in total. The van der Waals surface area contributed by atoms with Crippen LogP contribution in [0.2, 0.25) is 0 Å². The van der Waals surface area contributed by atoms with Gasteiger partial charge in [0.2, 0.25) is 0 Å². The van der Waals surface area contributed by atoms with Gasteiger partial charge in [0.15, 0.2) is 6.10 Å². The second-order valence-corrected chi connectivity index (χ2v) is 4.16. The van der Waals surface area contributed by atoms with Crippen molar-refractivity contribution in [2.75, 3.05) is 7.11 Å². The summed E-state index contributed by atoms with van der Waals surface area (Å²) in [6, 6.07) is 0. The Kier molecular flexibility index (Phi) is 3.33. The van der Waals surface area contributed by atoms with Crippen LogP contribution in [0.1, 0.15) is 24.6 Å². The zero-order valence-corrected chi connectivity index (χ0v) is 10.1. The first kappa shape index (κ1) is 12.6. The Labute approximate surface area is 102 Å². The second-order valence-electron chi connectivity index (χ2n) is 4.16. The minimum Gasteiger partial charge on any atom is -0.467 e. The molecule has 18 heavy (non-hydrogen) atoms. The molecular weight excluding hydrogens is 240 g/mol. The van der Waals surface area contributed by atoms with Crippen molar-refractivity contribution in [3.63, 3.8) is 0 Å². The normalized spacial score (nSPS) is 23.0. The number of hydrogen-bond acceptors (Lipinski definition) is 5. The minimum absolute atomic E-state index is 0.416. The van der Waals surface area contributed by atoms with Gasteiger partial charge in [0, 0.05) is 11.8 Å². The molecule has 0 aromatic carbocycles. The summed E-state index contributed by atoms with van der Waals surface area (Å²) >= 11 is 0. The Hall–Kier alpha value is -1.89. The van der Waals surface area contributed by atoms with Crippen molar-refractivity contribution in [3.8, 4) is 0 Å². The molecule has 1 aliphatic heterocycles. The molecule has 0 bridgehead atoms.